The molecule has 0 bridgehead atoms. The van der Waals surface area contributed by atoms with Crippen molar-refractivity contribution in [3.8, 4) is 11.1 Å². The number of benzene rings is 3. The third-order valence-corrected chi connectivity index (χ3v) is 6.73. The topological polar surface area (TPSA) is 91.3 Å². The predicted octanol–water partition coefficient (Wildman–Crippen LogP) is 7.73. The van der Waals surface area contributed by atoms with Crippen molar-refractivity contribution in [2.75, 3.05) is 5.32 Å². The molecule has 11 heteroatoms. The lowest BCUT2D eigenvalue weighted by molar-refractivity contribution is -0.142. The number of amides is 1. The fourth-order valence-electron chi connectivity index (χ4n) is 3.74. The van der Waals surface area contributed by atoms with Gasteiger partial charge in [0.1, 0.15) is 11.9 Å². The molecule has 0 aliphatic heterocycles. The normalized spacial score (nSPS) is 12.5. The standard InChI is InChI=1S/C27H23F4N3O3S.CH4/c1-26(2,3)22(24(36)37)34-23(35)15-6-4-14(5-7-15)16-8-10-19(18(28)12-16)32-25-33-20-11-9-17(27(29,30)31)13-21(20)38-25;/h4-13,22H,1-3H3,(H,32,33)(H,34,35)(H,36,37);1H4/t22-;/m1./s1. The second-order valence-corrected chi connectivity index (χ2v) is 10.7. The van der Waals surface area contributed by atoms with Crippen molar-refractivity contribution in [2.24, 2.45) is 5.41 Å². The largest absolute Gasteiger partial charge is 0.480 e. The van der Waals surface area contributed by atoms with Crippen LogP contribution < -0.4 is 10.6 Å². The first-order chi connectivity index (χ1) is 17.7. The summed E-state index contributed by atoms with van der Waals surface area (Å²) in [4.78, 5) is 28.3. The fourth-order valence-corrected chi connectivity index (χ4v) is 4.66. The molecule has 4 aromatic rings. The minimum atomic E-state index is -4.47. The molecule has 0 aliphatic rings. The zero-order valence-corrected chi connectivity index (χ0v) is 21.3. The highest BCUT2D eigenvalue weighted by atomic mass is 32.1. The minimum absolute atomic E-state index is 0. The zero-order valence-electron chi connectivity index (χ0n) is 20.5. The van der Waals surface area contributed by atoms with E-state index >= 15 is 0 Å². The number of alkyl halides is 3. The van der Waals surface area contributed by atoms with E-state index in [1.807, 2.05) is 0 Å². The van der Waals surface area contributed by atoms with Crippen LogP contribution in [0.15, 0.2) is 60.7 Å². The van der Waals surface area contributed by atoms with Gasteiger partial charge in [0.05, 0.1) is 21.5 Å². The molecule has 0 aliphatic carbocycles. The van der Waals surface area contributed by atoms with E-state index in [1.165, 1.54) is 30.3 Å². The monoisotopic (exact) mass is 561 g/mol. The molecule has 1 aromatic heterocycles. The molecule has 0 unspecified atom stereocenters. The van der Waals surface area contributed by atoms with Crippen molar-refractivity contribution in [3.63, 3.8) is 0 Å². The summed E-state index contributed by atoms with van der Waals surface area (Å²) in [6.45, 7) is 5.13. The maximum atomic E-state index is 14.9. The molecule has 3 N–H and O–H groups in total. The van der Waals surface area contributed by atoms with Crippen molar-refractivity contribution in [1.82, 2.24) is 10.3 Å². The van der Waals surface area contributed by atoms with Crippen LogP contribution in [0.4, 0.5) is 28.4 Å². The van der Waals surface area contributed by atoms with Gasteiger partial charge in [-0.3, -0.25) is 4.79 Å². The highest BCUT2D eigenvalue weighted by Gasteiger charge is 2.33. The number of aromatic nitrogens is 1. The van der Waals surface area contributed by atoms with Gasteiger partial charge in [-0.1, -0.05) is 57.7 Å². The van der Waals surface area contributed by atoms with Crippen LogP contribution in [0.1, 0.15) is 44.1 Å². The van der Waals surface area contributed by atoms with E-state index in [2.05, 4.69) is 15.6 Å². The summed E-state index contributed by atoms with van der Waals surface area (Å²) < 4.78 is 54.1. The number of aliphatic carboxylic acids is 1. The van der Waals surface area contributed by atoms with E-state index in [4.69, 9.17) is 0 Å². The summed E-state index contributed by atoms with van der Waals surface area (Å²) in [5.41, 5.74) is 0.397. The van der Waals surface area contributed by atoms with Crippen molar-refractivity contribution in [2.45, 2.75) is 40.4 Å². The summed E-state index contributed by atoms with van der Waals surface area (Å²) in [5, 5.41) is 15.0. The maximum absolute atomic E-state index is 14.9. The first-order valence-corrected chi connectivity index (χ1v) is 12.2. The molecule has 0 radical (unpaired) electrons. The molecule has 1 heterocycles. The Bertz CT molecular complexity index is 1510. The van der Waals surface area contributed by atoms with Crippen molar-refractivity contribution < 1.29 is 32.3 Å². The van der Waals surface area contributed by atoms with Gasteiger partial charge >= 0.3 is 12.1 Å². The minimum Gasteiger partial charge on any atom is -0.480 e. The molecule has 0 spiro atoms. The van der Waals surface area contributed by atoms with E-state index in [0.717, 1.165) is 23.5 Å². The lowest BCUT2D eigenvalue weighted by Crippen LogP contribution is -2.49. The van der Waals surface area contributed by atoms with Crippen molar-refractivity contribution >= 4 is 44.2 Å². The van der Waals surface area contributed by atoms with Crippen molar-refractivity contribution in [3.05, 3.63) is 77.6 Å². The first kappa shape index (κ1) is 29.6. The second kappa shape index (κ2) is 11.0. The molecule has 39 heavy (non-hydrogen) atoms. The number of carboxylic acid groups (broad SMARTS) is 1. The van der Waals surface area contributed by atoms with E-state index in [9.17, 15) is 32.3 Å². The molecule has 0 saturated carbocycles. The zero-order chi connectivity index (χ0) is 27.8. The maximum Gasteiger partial charge on any atom is 0.416 e. The average Bonchev–Trinajstić information content (AvgIpc) is 3.24. The van der Waals surface area contributed by atoms with Crippen LogP contribution in [0.2, 0.25) is 0 Å². The van der Waals surface area contributed by atoms with Crippen LogP contribution in [0.5, 0.6) is 0 Å². The molecule has 0 saturated heterocycles. The van der Waals surface area contributed by atoms with Gasteiger partial charge in [-0.25, -0.2) is 14.2 Å². The molecule has 4 rings (SSSR count). The number of anilines is 2. The number of carbonyl (C=O) groups excluding carboxylic acids is 1. The number of fused-ring (bicyclic) bond motifs is 1. The average molecular weight is 562 g/mol. The van der Waals surface area contributed by atoms with Crippen LogP contribution in [0.3, 0.4) is 0 Å². The van der Waals surface area contributed by atoms with Crippen LogP contribution in [0, 0.1) is 11.2 Å². The smallest absolute Gasteiger partial charge is 0.416 e. The Morgan fingerprint density at radius 3 is 2.15 bits per heavy atom. The van der Waals surface area contributed by atoms with Gasteiger partial charge in [0, 0.05) is 5.56 Å². The van der Waals surface area contributed by atoms with Crippen LogP contribution >= 0.6 is 11.3 Å². The molecular weight excluding hydrogens is 534 g/mol. The molecule has 3 aromatic carbocycles. The number of nitrogens with zero attached hydrogens (tertiary/aromatic N) is 1. The molecule has 1 amide bonds. The van der Waals surface area contributed by atoms with Crippen molar-refractivity contribution in [1.29, 1.82) is 0 Å². The Balaban J connectivity index is 0.00000420. The fraction of sp³-hybridized carbons (Fsp3) is 0.250. The summed E-state index contributed by atoms with van der Waals surface area (Å²) in [5.74, 6) is -2.28. The number of thiazole rings is 1. The quantitative estimate of drug-likeness (QED) is 0.210. The number of nitrogens with one attached hydrogen (secondary N) is 2. The predicted molar refractivity (Wildman–Crippen MR) is 145 cm³/mol. The Morgan fingerprint density at radius 2 is 1.59 bits per heavy atom. The number of halogens is 4. The Morgan fingerprint density at radius 1 is 0.949 bits per heavy atom. The third kappa shape index (κ3) is 6.72. The summed E-state index contributed by atoms with van der Waals surface area (Å²) in [6, 6.07) is 12.9. The van der Waals surface area contributed by atoms with E-state index in [-0.39, 0.29) is 23.8 Å². The third-order valence-electron chi connectivity index (χ3n) is 5.80. The van der Waals surface area contributed by atoms with E-state index in [0.29, 0.717) is 21.3 Å². The Labute approximate surface area is 226 Å². The van der Waals surface area contributed by atoms with Gasteiger partial charge in [0.25, 0.3) is 5.91 Å². The SMILES string of the molecule is C.CC(C)(C)[C@H](NC(=O)c1ccc(-c2ccc(Nc3nc4ccc(C(F)(F)F)cc4s3)c(F)c2)cc1)C(=O)O. The highest BCUT2D eigenvalue weighted by molar-refractivity contribution is 7.22. The number of carboxylic acids is 1. The van der Waals surface area contributed by atoms with Gasteiger partial charge in [-0.2, -0.15) is 13.2 Å². The first-order valence-electron chi connectivity index (χ1n) is 11.4. The summed E-state index contributed by atoms with van der Waals surface area (Å²) in [6.07, 6.45) is -4.47. The molecule has 206 valence electrons. The summed E-state index contributed by atoms with van der Waals surface area (Å²) >= 11 is 0.980. The highest BCUT2D eigenvalue weighted by Crippen LogP contribution is 2.36. The van der Waals surface area contributed by atoms with E-state index in [1.54, 1.807) is 39.0 Å². The molecule has 1 atom stereocenters. The number of carbonyl (C=O) groups is 2. The molecule has 0 fully saturated rings. The van der Waals surface area contributed by atoms with Gasteiger partial charge in [-0.15, -0.1) is 0 Å². The van der Waals surface area contributed by atoms with Crippen LogP contribution in [-0.2, 0) is 11.0 Å². The summed E-state index contributed by atoms with van der Waals surface area (Å²) in [7, 11) is 0. The van der Waals surface area contributed by atoms with Crippen LogP contribution in [-0.4, -0.2) is 28.0 Å². The van der Waals surface area contributed by atoms with Gasteiger partial charge in [0.15, 0.2) is 5.13 Å². The molecular formula is C28H27F4N3O3S. The number of hydrogen-bond donors (Lipinski definition) is 3. The Hall–Kier alpha value is -3.99. The van der Waals surface area contributed by atoms with Gasteiger partial charge in [0.2, 0.25) is 0 Å². The van der Waals surface area contributed by atoms with Crippen LogP contribution in [0.25, 0.3) is 21.3 Å². The molecule has 6 nitrogen and oxygen atoms in total. The second-order valence-electron chi connectivity index (χ2n) is 9.71. The lowest BCUT2D eigenvalue weighted by Gasteiger charge is -2.27. The number of hydrogen-bond acceptors (Lipinski definition) is 5. The Kier molecular flexibility index (Phi) is 8.35. The lowest BCUT2D eigenvalue weighted by atomic mass is 9.86. The van der Waals surface area contributed by atoms with Gasteiger partial charge < -0.3 is 15.7 Å². The number of rotatable bonds is 6. The van der Waals surface area contributed by atoms with Gasteiger partial charge in [-0.05, 0) is 59.0 Å². The van der Waals surface area contributed by atoms with E-state index < -0.39 is 40.9 Å².